The topological polar surface area (TPSA) is 83.6 Å². The Kier molecular flexibility index (Phi) is 6.84. The second-order valence-electron chi connectivity index (χ2n) is 8.82. The molecule has 0 bridgehead atoms. The van der Waals surface area contributed by atoms with Crippen molar-refractivity contribution in [2.24, 2.45) is 0 Å². The molecule has 0 radical (unpaired) electrons. The van der Waals surface area contributed by atoms with Crippen LogP contribution >= 0.6 is 0 Å². The minimum atomic E-state index is -3.89. The van der Waals surface area contributed by atoms with E-state index in [1.165, 1.54) is 4.90 Å². The van der Waals surface area contributed by atoms with Gasteiger partial charge in [-0.15, -0.1) is 0 Å². The van der Waals surface area contributed by atoms with Crippen molar-refractivity contribution in [3.05, 3.63) is 108 Å². The molecule has 0 saturated carbocycles. The van der Waals surface area contributed by atoms with Crippen molar-refractivity contribution in [3.8, 4) is 0 Å². The third kappa shape index (κ3) is 5.20. The van der Waals surface area contributed by atoms with E-state index in [0.29, 0.717) is 18.5 Å². The van der Waals surface area contributed by atoms with Crippen molar-refractivity contribution in [1.29, 1.82) is 0 Å². The lowest BCUT2D eigenvalue weighted by atomic mass is 9.83. The fraction of sp³-hybridized carbons (Fsp3) is 0.259. The molecule has 1 aliphatic heterocycles. The van der Waals surface area contributed by atoms with Crippen LogP contribution in [0.15, 0.2) is 91.0 Å². The summed E-state index contributed by atoms with van der Waals surface area (Å²) < 4.78 is 27.4. The van der Waals surface area contributed by atoms with Gasteiger partial charge in [0.1, 0.15) is 5.54 Å². The number of hydrogen-bond acceptors (Lipinski definition) is 4. The lowest BCUT2D eigenvalue weighted by molar-refractivity contribution is -0.156. The van der Waals surface area contributed by atoms with Crippen molar-refractivity contribution in [2.75, 3.05) is 6.54 Å². The monoisotopic (exact) mass is 476 g/mol. The molecular formula is C27H28N2O4S. The van der Waals surface area contributed by atoms with Crippen molar-refractivity contribution in [1.82, 2.24) is 9.62 Å². The molecule has 4 rings (SSSR count). The second-order valence-corrected chi connectivity index (χ2v) is 10.5. The van der Waals surface area contributed by atoms with E-state index in [1.807, 2.05) is 60.7 Å². The lowest BCUT2D eigenvalue weighted by Gasteiger charge is -2.49. The number of likely N-dealkylation sites (tertiary alicyclic amines) is 1. The Labute approximate surface area is 200 Å². The van der Waals surface area contributed by atoms with Crippen LogP contribution in [0.25, 0.3) is 0 Å². The van der Waals surface area contributed by atoms with Gasteiger partial charge in [0.2, 0.25) is 15.9 Å². The molecule has 0 spiro atoms. The Hall–Kier alpha value is -3.45. The SMILES string of the molecule is CC1(C(=O)NS(=O)(=O)Cc2ccccc2)CCN1C(=O)CC(c1ccccc1)c1ccccc1. The van der Waals surface area contributed by atoms with E-state index in [2.05, 4.69) is 4.72 Å². The Morgan fingerprint density at radius 3 is 1.85 bits per heavy atom. The maximum Gasteiger partial charge on any atom is 0.259 e. The first-order chi connectivity index (χ1) is 16.3. The molecule has 1 saturated heterocycles. The minimum absolute atomic E-state index is 0.162. The average molecular weight is 477 g/mol. The summed E-state index contributed by atoms with van der Waals surface area (Å²) >= 11 is 0. The highest BCUT2D eigenvalue weighted by atomic mass is 32.2. The first-order valence-electron chi connectivity index (χ1n) is 11.3. The van der Waals surface area contributed by atoms with Crippen molar-refractivity contribution in [3.63, 3.8) is 0 Å². The normalized spacial score (nSPS) is 17.8. The van der Waals surface area contributed by atoms with E-state index in [4.69, 9.17) is 0 Å². The highest BCUT2D eigenvalue weighted by Crippen LogP contribution is 2.35. The van der Waals surface area contributed by atoms with Gasteiger partial charge in [0, 0.05) is 18.9 Å². The number of nitrogens with zero attached hydrogens (tertiary/aromatic N) is 1. The number of nitrogens with one attached hydrogen (secondary N) is 1. The van der Waals surface area contributed by atoms with Gasteiger partial charge >= 0.3 is 0 Å². The number of amides is 2. The van der Waals surface area contributed by atoms with Gasteiger partial charge in [-0.2, -0.15) is 0 Å². The second kappa shape index (κ2) is 9.81. The fourth-order valence-electron chi connectivity index (χ4n) is 4.36. The summed E-state index contributed by atoms with van der Waals surface area (Å²) in [6, 6.07) is 28.2. The molecule has 2 amide bonds. The third-order valence-corrected chi connectivity index (χ3v) is 7.65. The molecule has 0 aromatic heterocycles. The van der Waals surface area contributed by atoms with Crippen LogP contribution in [0.1, 0.15) is 42.4 Å². The molecule has 1 fully saturated rings. The predicted octanol–water partition coefficient (Wildman–Crippen LogP) is 3.85. The van der Waals surface area contributed by atoms with Crippen LogP contribution < -0.4 is 4.72 Å². The smallest absolute Gasteiger partial charge is 0.259 e. The van der Waals surface area contributed by atoms with E-state index in [-0.39, 0.29) is 24.0 Å². The van der Waals surface area contributed by atoms with Gasteiger partial charge in [0.25, 0.3) is 5.91 Å². The van der Waals surface area contributed by atoms with Crippen LogP contribution in [0.2, 0.25) is 0 Å². The fourth-order valence-corrected chi connectivity index (χ4v) is 5.57. The molecule has 1 N–H and O–H groups in total. The molecule has 1 atom stereocenters. The molecule has 1 unspecified atom stereocenters. The third-order valence-electron chi connectivity index (χ3n) is 6.44. The predicted molar refractivity (Wildman–Crippen MR) is 131 cm³/mol. The lowest BCUT2D eigenvalue weighted by Crippen LogP contribution is -2.68. The maximum atomic E-state index is 13.4. The molecule has 3 aromatic carbocycles. The standard InChI is InChI=1S/C27H28N2O4S/c1-27(26(31)28-34(32,33)20-21-11-5-2-6-12-21)17-18-29(27)25(30)19-24(22-13-7-3-8-14-22)23-15-9-4-10-16-23/h2-16,24H,17-20H2,1H3,(H,28,31). The number of sulfonamides is 1. The summed E-state index contributed by atoms with van der Waals surface area (Å²) in [7, 11) is -3.89. The maximum absolute atomic E-state index is 13.4. The number of hydrogen-bond donors (Lipinski definition) is 1. The quantitative estimate of drug-likeness (QED) is 0.535. The first kappa shape index (κ1) is 23.7. The van der Waals surface area contributed by atoms with E-state index in [0.717, 1.165) is 11.1 Å². The molecule has 0 aliphatic carbocycles. The zero-order valence-corrected chi connectivity index (χ0v) is 19.9. The molecule has 7 heteroatoms. The number of rotatable bonds is 8. The van der Waals surface area contributed by atoms with Crippen LogP contribution in [-0.2, 0) is 25.4 Å². The van der Waals surface area contributed by atoms with Crippen LogP contribution in [0.4, 0.5) is 0 Å². The molecule has 34 heavy (non-hydrogen) atoms. The zero-order valence-electron chi connectivity index (χ0n) is 19.1. The van der Waals surface area contributed by atoms with Gasteiger partial charge < -0.3 is 4.90 Å². The van der Waals surface area contributed by atoms with Crippen LogP contribution in [0.5, 0.6) is 0 Å². The van der Waals surface area contributed by atoms with Gasteiger partial charge in [-0.25, -0.2) is 8.42 Å². The number of benzene rings is 3. The first-order valence-corrected chi connectivity index (χ1v) is 12.9. The van der Waals surface area contributed by atoms with Crippen LogP contribution in [0, 0.1) is 0 Å². The van der Waals surface area contributed by atoms with E-state index in [1.54, 1.807) is 37.3 Å². The Balaban J connectivity index is 1.48. The summed E-state index contributed by atoms with van der Waals surface area (Å²) in [4.78, 5) is 27.9. The molecule has 1 aliphatic rings. The summed E-state index contributed by atoms with van der Waals surface area (Å²) in [6.07, 6.45) is 0.598. The van der Waals surface area contributed by atoms with Gasteiger partial charge in [-0.1, -0.05) is 91.0 Å². The van der Waals surface area contributed by atoms with Gasteiger partial charge in [-0.05, 0) is 30.0 Å². The minimum Gasteiger partial charge on any atom is -0.328 e. The summed E-state index contributed by atoms with van der Waals surface area (Å²) in [5, 5.41) is 0. The highest BCUT2D eigenvalue weighted by molar-refractivity contribution is 7.89. The zero-order chi connectivity index (χ0) is 24.2. The highest BCUT2D eigenvalue weighted by Gasteiger charge is 2.50. The molecule has 3 aromatic rings. The number of carbonyl (C=O) groups is 2. The molecule has 6 nitrogen and oxygen atoms in total. The Morgan fingerprint density at radius 2 is 1.38 bits per heavy atom. The van der Waals surface area contributed by atoms with E-state index in [9.17, 15) is 18.0 Å². The van der Waals surface area contributed by atoms with Crippen LogP contribution in [-0.4, -0.2) is 37.2 Å². The molecule has 1 heterocycles. The van der Waals surface area contributed by atoms with Gasteiger partial charge in [-0.3, -0.25) is 14.3 Å². The van der Waals surface area contributed by atoms with Gasteiger partial charge in [0.15, 0.2) is 0 Å². The molecular weight excluding hydrogens is 448 g/mol. The van der Waals surface area contributed by atoms with Gasteiger partial charge in [0.05, 0.1) is 5.75 Å². The summed E-state index contributed by atoms with van der Waals surface area (Å²) in [5.74, 6) is -1.31. The Bertz CT molecular complexity index is 1210. The van der Waals surface area contributed by atoms with E-state index < -0.39 is 21.5 Å². The van der Waals surface area contributed by atoms with E-state index >= 15 is 0 Å². The Morgan fingerprint density at radius 1 is 0.882 bits per heavy atom. The molecule has 176 valence electrons. The largest absolute Gasteiger partial charge is 0.328 e. The summed E-state index contributed by atoms with van der Waals surface area (Å²) in [6.45, 7) is 2.04. The average Bonchev–Trinajstić information content (AvgIpc) is 2.82. The number of carbonyl (C=O) groups excluding carboxylic acids is 2. The van der Waals surface area contributed by atoms with Crippen molar-refractivity contribution < 1.29 is 18.0 Å². The van der Waals surface area contributed by atoms with Crippen molar-refractivity contribution in [2.45, 2.75) is 37.0 Å². The van der Waals surface area contributed by atoms with Crippen molar-refractivity contribution >= 4 is 21.8 Å². The van der Waals surface area contributed by atoms with Crippen LogP contribution in [0.3, 0.4) is 0 Å². The summed E-state index contributed by atoms with van der Waals surface area (Å²) in [5.41, 5.74) is 1.42.